The van der Waals surface area contributed by atoms with Gasteiger partial charge in [-0.3, -0.25) is 4.57 Å². The number of ether oxygens (including phenoxy) is 1. The van der Waals surface area contributed by atoms with E-state index in [1.54, 1.807) is 12.1 Å². The summed E-state index contributed by atoms with van der Waals surface area (Å²) in [6.45, 7) is 2.80. The highest BCUT2D eigenvalue weighted by atomic mass is 16.5. The molecule has 2 aromatic heterocycles. The molecule has 0 amide bonds. The summed E-state index contributed by atoms with van der Waals surface area (Å²) in [7, 11) is 0. The van der Waals surface area contributed by atoms with Gasteiger partial charge in [0.2, 0.25) is 5.82 Å². The molecule has 5 aromatic rings. The van der Waals surface area contributed by atoms with E-state index in [2.05, 4.69) is 25.6 Å². The first-order valence-corrected chi connectivity index (χ1v) is 10.6. The number of rotatable bonds is 7. The van der Waals surface area contributed by atoms with Gasteiger partial charge in [0.15, 0.2) is 6.29 Å². The number of aliphatic hydroxyl groups is 2. The smallest absolute Gasteiger partial charge is 0.297 e. The first-order valence-electron chi connectivity index (χ1n) is 10.6. The fraction of sp³-hybridized carbons (Fsp3) is 0.167. The summed E-state index contributed by atoms with van der Waals surface area (Å²) in [4.78, 5) is 4.54. The first-order chi connectivity index (χ1) is 16.2. The third-order valence-corrected chi connectivity index (χ3v) is 5.43. The minimum atomic E-state index is -1.61. The van der Waals surface area contributed by atoms with Gasteiger partial charge < -0.3 is 14.9 Å². The molecule has 0 saturated heterocycles. The number of benzene rings is 3. The molecule has 33 heavy (non-hydrogen) atoms. The second-order valence-corrected chi connectivity index (χ2v) is 7.48. The Balaban J connectivity index is 1.52. The summed E-state index contributed by atoms with van der Waals surface area (Å²) in [6.07, 6.45) is -1.61. The highest BCUT2D eigenvalue weighted by Gasteiger charge is 2.18. The van der Waals surface area contributed by atoms with E-state index in [1.165, 1.54) is 0 Å². The van der Waals surface area contributed by atoms with Gasteiger partial charge >= 0.3 is 0 Å². The predicted octanol–water partition coefficient (Wildman–Crippen LogP) is 3.31. The van der Waals surface area contributed by atoms with Gasteiger partial charge in [0.05, 0.1) is 24.2 Å². The Bertz CT molecular complexity index is 1380. The largest absolute Gasteiger partial charge is 0.465 e. The molecule has 0 unspecified atom stereocenters. The molecule has 0 fully saturated rings. The molecule has 2 heterocycles. The zero-order valence-corrected chi connectivity index (χ0v) is 17.9. The maximum atomic E-state index is 9.87. The Kier molecular flexibility index (Phi) is 5.55. The Hall–Kier alpha value is -4.08. The van der Waals surface area contributed by atoms with E-state index < -0.39 is 6.29 Å². The number of tetrazole rings is 1. The number of aliphatic hydroxyl groups excluding tert-OH is 1. The lowest BCUT2D eigenvalue weighted by atomic mass is 9.98. The number of aromatic amines is 1. The van der Waals surface area contributed by atoms with Crippen LogP contribution in [-0.4, -0.2) is 47.0 Å². The van der Waals surface area contributed by atoms with Crippen LogP contribution in [-0.2, 0) is 6.54 Å². The zero-order valence-electron chi connectivity index (χ0n) is 17.9. The van der Waals surface area contributed by atoms with E-state index in [9.17, 15) is 10.2 Å². The molecule has 9 nitrogen and oxygen atoms in total. The molecule has 5 rings (SSSR count). The molecule has 0 radical (unpaired) electrons. The van der Waals surface area contributed by atoms with Crippen molar-refractivity contribution in [3.63, 3.8) is 0 Å². The minimum absolute atomic E-state index is 0.386. The molecular formula is C24H22N6O3. The van der Waals surface area contributed by atoms with E-state index in [1.807, 2.05) is 66.1 Å². The van der Waals surface area contributed by atoms with Gasteiger partial charge in [-0.05, 0) is 34.9 Å². The molecule has 0 bridgehead atoms. The van der Waals surface area contributed by atoms with Crippen molar-refractivity contribution in [2.24, 2.45) is 0 Å². The number of para-hydroxylation sites is 1. The molecule has 3 N–H and O–H groups in total. The molecule has 3 aromatic carbocycles. The molecule has 166 valence electrons. The number of H-pyrrole nitrogens is 1. The second-order valence-electron chi connectivity index (χ2n) is 7.48. The number of fused-ring (bicyclic) bond motifs is 1. The summed E-state index contributed by atoms with van der Waals surface area (Å²) < 4.78 is 7.62. The molecule has 9 heteroatoms. The lowest BCUT2D eigenvalue weighted by molar-refractivity contribution is -0.0415. The molecule has 0 aliphatic carbocycles. The number of nitrogens with one attached hydrogen (secondary N) is 1. The Labute approximate surface area is 189 Å². The standard InChI is InChI=1S/C24H22N6O3/c1-2-33-24-25-20-9-5-8-19(23(31)32)21(20)30(24)14-15-10-12-16(13-11-15)17-6-3-4-7-18(17)22-26-28-29-27-22/h3-13,23,31-32H,2,14H2,1H3,(H,26,27,28,29). The van der Waals surface area contributed by atoms with Gasteiger partial charge in [0.1, 0.15) is 0 Å². The fourth-order valence-corrected chi connectivity index (χ4v) is 3.96. The summed E-state index contributed by atoms with van der Waals surface area (Å²) >= 11 is 0. The summed E-state index contributed by atoms with van der Waals surface area (Å²) in [5, 5.41) is 34.1. The van der Waals surface area contributed by atoms with E-state index in [0.717, 1.165) is 22.3 Å². The van der Waals surface area contributed by atoms with Crippen molar-refractivity contribution in [1.29, 1.82) is 0 Å². The highest BCUT2D eigenvalue weighted by molar-refractivity contribution is 5.81. The van der Waals surface area contributed by atoms with Gasteiger partial charge in [-0.25, -0.2) is 0 Å². The fourth-order valence-electron chi connectivity index (χ4n) is 3.96. The molecule has 0 aliphatic heterocycles. The number of hydrogen-bond donors (Lipinski definition) is 3. The maximum Gasteiger partial charge on any atom is 0.297 e. The van der Waals surface area contributed by atoms with Gasteiger partial charge in [-0.15, -0.1) is 10.2 Å². The van der Waals surface area contributed by atoms with Crippen molar-refractivity contribution in [2.75, 3.05) is 6.61 Å². The van der Waals surface area contributed by atoms with Crippen LogP contribution in [0, 0.1) is 0 Å². The summed E-state index contributed by atoms with van der Waals surface area (Å²) in [5.74, 6) is 0.538. The van der Waals surface area contributed by atoms with Gasteiger partial charge in [-0.1, -0.05) is 60.7 Å². The van der Waals surface area contributed by atoms with Crippen LogP contribution >= 0.6 is 0 Å². The van der Waals surface area contributed by atoms with Crippen molar-refractivity contribution in [3.05, 3.63) is 77.9 Å². The molecular weight excluding hydrogens is 420 g/mol. The average Bonchev–Trinajstić information content (AvgIpc) is 3.49. The monoisotopic (exact) mass is 442 g/mol. The van der Waals surface area contributed by atoms with Gasteiger partial charge in [0.25, 0.3) is 6.01 Å². The molecule has 0 aliphatic rings. The van der Waals surface area contributed by atoms with Crippen molar-refractivity contribution in [3.8, 4) is 28.5 Å². The summed E-state index contributed by atoms with van der Waals surface area (Å²) in [6, 6.07) is 21.7. The van der Waals surface area contributed by atoms with E-state index in [4.69, 9.17) is 4.74 Å². The zero-order chi connectivity index (χ0) is 22.8. The Morgan fingerprint density at radius 1 is 0.970 bits per heavy atom. The van der Waals surface area contributed by atoms with Crippen molar-refractivity contribution in [2.45, 2.75) is 19.8 Å². The Morgan fingerprint density at radius 2 is 1.76 bits per heavy atom. The van der Waals surface area contributed by atoms with Crippen molar-refractivity contribution < 1.29 is 14.9 Å². The van der Waals surface area contributed by atoms with E-state index >= 15 is 0 Å². The van der Waals surface area contributed by atoms with Gasteiger partial charge in [0, 0.05) is 11.1 Å². The normalized spacial score (nSPS) is 11.4. The van der Waals surface area contributed by atoms with Crippen LogP contribution < -0.4 is 4.74 Å². The second kappa shape index (κ2) is 8.81. The average molecular weight is 442 g/mol. The lowest BCUT2D eigenvalue weighted by Crippen LogP contribution is -2.07. The number of nitrogens with zero attached hydrogens (tertiary/aromatic N) is 5. The predicted molar refractivity (Wildman–Crippen MR) is 122 cm³/mol. The van der Waals surface area contributed by atoms with Crippen molar-refractivity contribution in [1.82, 2.24) is 30.2 Å². The Morgan fingerprint density at radius 3 is 2.45 bits per heavy atom. The van der Waals surface area contributed by atoms with Crippen LogP contribution in [0.25, 0.3) is 33.5 Å². The van der Waals surface area contributed by atoms with Crippen LogP contribution in [0.1, 0.15) is 24.3 Å². The molecule has 0 saturated carbocycles. The van der Waals surface area contributed by atoms with E-state index in [-0.39, 0.29) is 0 Å². The van der Waals surface area contributed by atoms with Crippen LogP contribution in [0.5, 0.6) is 6.01 Å². The third kappa shape index (κ3) is 3.95. The molecule has 0 spiro atoms. The number of imidazole rings is 1. The van der Waals surface area contributed by atoms with Crippen LogP contribution in [0.4, 0.5) is 0 Å². The summed E-state index contributed by atoms with van der Waals surface area (Å²) in [5.41, 5.74) is 5.59. The van der Waals surface area contributed by atoms with Crippen LogP contribution in [0.3, 0.4) is 0 Å². The lowest BCUT2D eigenvalue weighted by Gasteiger charge is -2.13. The van der Waals surface area contributed by atoms with Crippen molar-refractivity contribution >= 4 is 11.0 Å². The third-order valence-electron chi connectivity index (χ3n) is 5.43. The molecule has 0 atom stereocenters. The van der Waals surface area contributed by atoms with E-state index in [0.29, 0.717) is 41.6 Å². The number of hydrogen-bond acceptors (Lipinski definition) is 7. The quantitative estimate of drug-likeness (QED) is 0.331. The topological polar surface area (TPSA) is 122 Å². The first kappa shape index (κ1) is 20.8. The maximum absolute atomic E-state index is 9.87. The van der Waals surface area contributed by atoms with Gasteiger partial charge in [-0.2, -0.15) is 10.2 Å². The minimum Gasteiger partial charge on any atom is -0.465 e. The SMILES string of the molecule is CCOc1nc2cccc(C(O)O)c2n1Cc1ccc(-c2ccccc2-c2nn[nH]n2)cc1. The van der Waals surface area contributed by atoms with Crippen LogP contribution in [0.2, 0.25) is 0 Å². The number of aromatic nitrogens is 6. The van der Waals surface area contributed by atoms with Crippen LogP contribution in [0.15, 0.2) is 66.7 Å². The highest BCUT2D eigenvalue weighted by Crippen LogP contribution is 2.31.